The number of benzene rings is 2. The van der Waals surface area contributed by atoms with Gasteiger partial charge in [0.2, 0.25) is 0 Å². The van der Waals surface area contributed by atoms with E-state index in [9.17, 15) is 17.6 Å². The first-order chi connectivity index (χ1) is 11.7. The van der Waals surface area contributed by atoms with Gasteiger partial charge in [-0.1, -0.05) is 17.7 Å². The van der Waals surface area contributed by atoms with Crippen molar-refractivity contribution in [3.63, 3.8) is 0 Å². The smallest absolute Gasteiger partial charge is 0.330 e. The van der Waals surface area contributed by atoms with Gasteiger partial charge >= 0.3 is 6.18 Å². The number of hydrogen-bond donors (Lipinski definition) is 1. The van der Waals surface area contributed by atoms with Crippen molar-refractivity contribution in [1.29, 1.82) is 0 Å². The van der Waals surface area contributed by atoms with Crippen molar-refractivity contribution in [1.82, 2.24) is 4.98 Å². The van der Waals surface area contributed by atoms with Crippen molar-refractivity contribution in [2.24, 2.45) is 0 Å². The highest BCUT2D eigenvalue weighted by Gasteiger charge is 2.31. The first-order valence-electron chi connectivity index (χ1n) is 7.10. The third kappa shape index (κ3) is 3.93. The number of aromatic nitrogens is 1. The first kappa shape index (κ1) is 17.7. The van der Waals surface area contributed by atoms with Gasteiger partial charge in [0.1, 0.15) is 5.82 Å². The molecular weight excluding hydrogens is 376 g/mol. The van der Waals surface area contributed by atoms with E-state index in [1.54, 1.807) is 12.1 Å². The lowest BCUT2D eigenvalue weighted by molar-refractivity contribution is -0.137. The lowest BCUT2D eigenvalue weighted by Crippen LogP contribution is -2.05. The second kappa shape index (κ2) is 6.65. The van der Waals surface area contributed by atoms with E-state index < -0.39 is 17.6 Å². The highest BCUT2D eigenvalue weighted by atomic mass is 35.5. The molecule has 0 aliphatic carbocycles. The Kier molecular flexibility index (Phi) is 4.71. The Hall–Kier alpha value is -2.12. The number of anilines is 2. The Morgan fingerprint density at radius 3 is 2.56 bits per heavy atom. The summed E-state index contributed by atoms with van der Waals surface area (Å²) in [5.41, 5.74) is 0.598. The molecule has 0 saturated heterocycles. The Labute approximate surface area is 150 Å². The summed E-state index contributed by atoms with van der Waals surface area (Å²) in [4.78, 5) is 4.16. The average molecular weight is 387 g/mol. The summed E-state index contributed by atoms with van der Waals surface area (Å²) < 4.78 is 52.4. The molecule has 8 heteroatoms. The SMILES string of the molecule is Cc1ccc(Nc2nc(-c3cc(C(F)(F)F)ccc3F)cs2)c(Cl)c1. The number of rotatable bonds is 3. The number of nitrogens with one attached hydrogen (secondary N) is 1. The van der Waals surface area contributed by atoms with Crippen molar-refractivity contribution in [2.75, 3.05) is 5.32 Å². The fourth-order valence-corrected chi connectivity index (χ4v) is 3.19. The molecule has 2 aromatic carbocycles. The molecule has 2 nitrogen and oxygen atoms in total. The summed E-state index contributed by atoms with van der Waals surface area (Å²) in [7, 11) is 0. The maximum Gasteiger partial charge on any atom is 0.416 e. The minimum Gasteiger partial charge on any atom is -0.330 e. The molecule has 25 heavy (non-hydrogen) atoms. The van der Waals surface area contributed by atoms with Crippen LogP contribution in [0.2, 0.25) is 5.02 Å². The van der Waals surface area contributed by atoms with Gasteiger partial charge in [0.15, 0.2) is 5.13 Å². The Morgan fingerprint density at radius 1 is 1.12 bits per heavy atom. The second-order valence-corrected chi connectivity index (χ2v) is 6.60. The van der Waals surface area contributed by atoms with Crippen molar-refractivity contribution in [2.45, 2.75) is 13.1 Å². The molecule has 1 N–H and O–H groups in total. The molecule has 1 heterocycles. The van der Waals surface area contributed by atoms with Gasteiger partial charge in [-0.3, -0.25) is 0 Å². The zero-order chi connectivity index (χ0) is 18.2. The van der Waals surface area contributed by atoms with Gasteiger partial charge in [0.25, 0.3) is 0 Å². The highest BCUT2D eigenvalue weighted by molar-refractivity contribution is 7.14. The van der Waals surface area contributed by atoms with Gasteiger partial charge in [-0.25, -0.2) is 9.37 Å². The lowest BCUT2D eigenvalue weighted by Gasteiger charge is -2.08. The van der Waals surface area contributed by atoms with Crippen LogP contribution in [0.5, 0.6) is 0 Å². The maximum absolute atomic E-state index is 13.9. The molecule has 3 aromatic rings. The molecule has 0 aliphatic rings. The average Bonchev–Trinajstić information content (AvgIpc) is 2.98. The van der Waals surface area contributed by atoms with Gasteiger partial charge < -0.3 is 5.32 Å². The van der Waals surface area contributed by atoms with Crippen molar-refractivity contribution in [3.8, 4) is 11.3 Å². The summed E-state index contributed by atoms with van der Waals surface area (Å²) in [6, 6.07) is 7.65. The van der Waals surface area contributed by atoms with E-state index in [1.807, 2.05) is 13.0 Å². The summed E-state index contributed by atoms with van der Waals surface area (Å²) >= 11 is 7.27. The molecule has 0 radical (unpaired) electrons. The van der Waals surface area contributed by atoms with Crippen LogP contribution in [0.4, 0.5) is 28.4 Å². The summed E-state index contributed by atoms with van der Waals surface area (Å²) in [5.74, 6) is -0.766. The largest absolute Gasteiger partial charge is 0.416 e. The van der Waals surface area contributed by atoms with Crippen LogP contribution in [0.3, 0.4) is 0 Å². The predicted octanol–water partition coefficient (Wildman–Crippen LogP) is 6.67. The van der Waals surface area contributed by atoms with Crippen LogP contribution in [0.25, 0.3) is 11.3 Å². The molecule has 0 bridgehead atoms. The fraction of sp³-hybridized carbons (Fsp3) is 0.118. The minimum atomic E-state index is -4.55. The van der Waals surface area contributed by atoms with Crippen LogP contribution >= 0.6 is 22.9 Å². The van der Waals surface area contributed by atoms with Crippen molar-refractivity contribution < 1.29 is 17.6 Å². The molecule has 3 rings (SSSR count). The van der Waals surface area contributed by atoms with Crippen LogP contribution in [0, 0.1) is 12.7 Å². The standard InChI is InChI=1S/C17H11ClF4N2S/c1-9-2-5-14(12(18)6-9)23-16-24-15(8-25-16)11-7-10(17(20,21)22)3-4-13(11)19/h2-8H,1H3,(H,23,24). The monoisotopic (exact) mass is 386 g/mol. The van der Waals surface area contributed by atoms with E-state index >= 15 is 0 Å². The van der Waals surface area contributed by atoms with Crippen molar-refractivity contribution in [3.05, 3.63) is 63.7 Å². The molecule has 0 saturated carbocycles. The van der Waals surface area contributed by atoms with Gasteiger partial charge in [-0.15, -0.1) is 11.3 Å². The van der Waals surface area contributed by atoms with Gasteiger partial charge in [0, 0.05) is 10.9 Å². The number of nitrogens with zero attached hydrogens (tertiary/aromatic N) is 1. The van der Waals surface area contributed by atoms with Crippen LogP contribution < -0.4 is 5.32 Å². The van der Waals surface area contributed by atoms with E-state index in [0.29, 0.717) is 21.9 Å². The highest BCUT2D eigenvalue weighted by Crippen LogP contribution is 2.35. The molecule has 0 amide bonds. The number of thiazole rings is 1. The zero-order valence-corrected chi connectivity index (χ0v) is 14.4. The van der Waals surface area contributed by atoms with E-state index in [2.05, 4.69) is 10.3 Å². The van der Waals surface area contributed by atoms with E-state index in [4.69, 9.17) is 11.6 Å². The van der Waals surface area contributed by atoms with Crippen LogP contribution in [0.1, 0.15) is 11.1 Å². The molecule has 0 fully saturated rings. The molecule has 1 aromatic heterocycles. The second-order valence-electron chi connectivity index (χ2n) is 5.34. The van der Waals surface area contributed by atoms with Crippen LogP contribution in [0.15, 0.2) is 41.8 Å². The predicted molar refractivity (Wildman–Crippen MR) is 92.0 cm³/mol. The fourth-order valence-electron chi connectivity index (χ4n) is 2.19. The van der Waals surface area contributed by atoms with Gasteiger partial charge in [0.05, 0.1) is 22.0 Å². The van der Waals surface area contributed by atoms with Crippen molar-refractivity contribution >= 4 is 33.8 Å². The normalized spacial score (nSPS) is 11.6. The lowest BCUT2D eigenvalue weighted by atomic mass is 10.1. The number of hydrogen-bond acceptors (Lipinski definition) is 3. The molecule has 130 valence electrons. The van der Waals surface area contributed by atoms with E-state index in [0.717, 1.165) is 29.0 Å². The molecule has 0 atom stereocenters. The Balaban J connectivity index is 1.91. The number of aryl methyl sites for hydroxylation is 1. The molecule has 0 unspecified atom stereocenters. The van der Waals surface area contributed by atoms with E-state index in [1.165, 1.54) is 5.38 Å². The topological polar surface area (TPSA) is 24.9 Å². The Morgan fingerprint density at radius 2 is 1.88 bits per heavy atom. The van der Waals surface area contributed by atoms with E-state index in [-0.39, 0.29) is 11.3 Å². The summed E-state index contributed by atoms with van der Waals surface area (Å²) in [6.07, 6.45) is -4.55. The van der Waals surface area contributed by atoms with Gasteiger partial charge in [-0.2, -0.15) is 13.2 Å². The number of halogens is 5. The maximum atomic E-state index is 13.9. The summed E-state index contributed by atoms with van der Waals surface area (Å²) in [5, 5.41) is 5.36. The third-order valence-corrected chi connectivity index (χ3v) is 4.51. The minimum absolute atomic E-state index is 0.124. The Bertz CT molecular complexity index is 921. The molecule has 0 aliphatic heterocycles. The zero-order valence-electron chi connectivity index (χ0n) is 12.8. The third-order valence-electron chi connectivity index (χ3n) is 3.44. The van der Waals surface area contributed by atoms with Crippen LogP contribution in [-0.2, 0) is 6.18 Å². The summed E-state index contributed by atoms with van der Waals surface area (Å²) in [6.45, 7) is 1.90. The quantitative estimate of drug-likeness (QED) is 0.508. The van der Waals surface area contributed by atoms with Crippen LogP contribution in [-0.4, -0.2) is 4.98 Å². The molecular formula is C17H11ClF4N2S. The first-order valence-corrected chi connectivity index (χ1v) is 8.35. The molecule has 0 spiro atoms. The number of alkyl halides is 3. The van der Waals surface area contributed by atoms with Gasteiger partial charge in [-0.05, 0) is 42.8 Å².